The summed E-state index contributed by atoms with van der Waals surface area (Å²) in [7, 11) is -3.38. The van der Waals surface area contributed by atoms with Crippen LogP contribution >= 0.6 is 0 Å². The van der Waals surface area contributed by atoms with E-state index in [1.54, 1.807) is 48.5 Å². The molecule has 2 aromatic carbocycles. The molecule has 0 saturated carbocycles. The van der Waals surface area contributed by atoms with Crippen molar-refractivity contribution >= 4 is 32.9 Å². The predicted molar refractivity (Wildman–Crippen MR) is 67.7 cm³/mol. The molecule has 0 N–H and O–H groups in total. The molecule has 90 valence electrons. The van der Waals surface area contributed by atoms with Crippen LogP contribution < -0.4 is 12.4 Å². The Morgan fingerprint density at radius 1 is 0.889 bits per heavy atom. The van der Waals surface area contributed by atoms with Crippen LogP contribution in [-0.2, 0) is 9.84 Å². The molecule has 0 heterocycles. The maximum Gasteiger partial charge on any atom is 2.00 e. The predicted octanol–water partition coefficient (Wildman–Crippen LogP) is -0.749. The number of sulfone groups is 1. The summed E-state index contributed by atoms with van der Waals surface area (Å²) in [6, 6.07) is 15.9. The summed E-state index contributed by atoms with van der Waals surface area (Å²) in [5.74, 6) is 0. The van der Waals surface area contributed by atoms with E-state index in [4.69, 9.17) is 0 Å². The third-order valence-corrected chi connectivity index (χ3v) is 4.11. The molecule has 0 aliphatic rings. The summed E-state index contributed by atoms with van der Waals surface area (Å²) >= 11 is 0. The second-order valence-corrected chi connectivity index (χ2v) is 5.50. The summed E-state index contributed by atoms with van der Waals surface area (Å²) in [5, 5.41) is 0. The molecule has 0 spiro atoms. The van der Waals surface area contributed by atoms with Crippen molar-refractivity contribution in [1.29, 1.82) is 0 Å². The molecule has 2 nitrogen and oxygen atoms in total. The molecule has 0 fully saturated rings. The molecule has 0 radical (unpaired) electrons. The molecule has 2 aromatic rings. The zero-order chi connectivity index (χ0) is 11.6. The van der Waals surface area contributed by atoms with Gasteiger partial charge >= 0.3 is 23.1 Å². The van der Waals surface area contributed by atoms with Crippen LogP contribution in [0.4, 0.5) is 0 Å². The van der Waals surface area contributed by atoms with Gasteiger partial charge in [0.05, 0.1) is 4.90 Å². The van der Waals surface area contributed by atoms with Crippen LogP contribution in [0.15, 0.2) is 58.3 Å². The number of hydrogen-bond acceptors (Lipinski definition) is 2. The Bertz CT molecular complexity index is 580. The van der Waals surface area contributed by atoms with Gasteiger partial charge in [-0.25, -0.2) is 8.42 Å². The van der Waals surface area contributed by atoms with Crippen LogP contribution in [0.1, 0.15) is 5.56 Å². The molecular weight excluding hydrogens is 280 g/mol. The first-order valence-corrected chi connectivity index (χ1v) is 6.37. The number of halogens is 1. The number of rotatable bonds is 2. The van der Waals surface area contributed by atoms with Gasteiger partial charge in [0.1, 0.15) is 0 Å². The first-order valence-electron chi connectivity index (χ1n) is 4.88. The average Bonchev–Trinajstić information content (AvgIpc) is 2.31. The minimum Gasteiger partial charge on any atom is -1.00 e. The Balaban J connectivity index is 0.00000144. The van der Waals surface area contributed by atoms with E-state index in [-0.39, 0.29) is 35.5 Å². The van der Waals surface area contributed by atoms with E-state index >= 15 is 0 Å². The molecule has 0 atom stereocenters. The molecular formula is C13H11ClMgO2S. The van der Waals surface area contributed by atoms with Gasteiger partial charge in [-0.2, -0.15) is 30.3 Å². The van der Waals surface area contributed by atoms with Crippen LogP contribution in [0.3, 0.4) is 0 Å². The maximum absolute atomic E-state index is 12.1. The zero-order valence-electron chi connectivity index (χ0n) is 9.93. The van der Waals surface area contributed by atoms with Crippen LogP contribution in [0, 0.1) is 13.0 Å². The maximum atomic E-state index is 12.1. The SMILES string of the molecule is Cc1ccc(S(=O)(=O)c2cc[c-]cc2)cc1.[Cl-].[Mg+2]. The monoisotopic (exact) mass is 290 g/mol. The van der Waals surface area contributed by atoms with E-state index in [0.717, 1.165) is 5.56 Å². The summed E-state index contributed by atoms with van der Waals surface area (Å²) in [6.07, 6.45) is 0. The topological polar surface area (TPSA) is 34.1 Å². The van der Waals surface area contributed by atoms with Gasteiger partial charge in [-0.05, 0) is 24.0 Å². The van der Waals surface area contributed by atoms with Gasteiger partial charge in [-0.1, -0.05) is 17.7 Å². The van der Waals surface area contributed by atoms with E-state index in [0.29, 0.717) is 9.79 Å². The molecule has 5 heteroatoms. The van der Waals surface area contributed by atoms with E-state index in [2.05, 4.69) is 6.07 Å². The smallest absolute Gasteiger partial charge is 1.00 e. The molecule has 0 aliphatic heterocycles. The van der Waals surface area contributed by atoms with Crippen LogP contribution in [-0.4, -0.2) is 31.5 Å². The summed E-state index contributed by atoms with van der Waals surface area (Å²) in [6.45, 7) is 1.92. The van der Waals surface area contributed by atoms with E-state index in [1.165, 1.54) is 0 Å². The third-order valence-electron chi connectivity index (χ3n) is 2.33. The first-order chi connectivity index (χ1) is 7.60. The number of hydrogen-bond donors (Lipinski definition) is 0. The Kier molecular flexibility index (Phi) is 6.92. The second-order valence-electron chi connectivity index (χ2n) is 3.55. The molecule has 0 aliphatic carbocycles. The van der Waals surface area contributed by atoms with Crippen LogP contribution in [0.2, 0.25) is 0 Å². The van der Waals surface area contributed by atoms with Crippen LogP contribution in [0.5, 0.6) is 0 Å². The Hall–Kier alpha value is -0.554. The van der Waals surface area contributed by atoms with Crippen molar-refractivity contribution in [1.82, 2.24) is 0 Å². The molecule has 0 bridgehead atoms. The van der Waals surface area contributed by atoms with Crippen molar-refractivity contribution in [3.05, 3.63) is 60.2 Å². The van der Waals surface area contributed by atoms with Gasteiger partial charge in [0, 0.05) is 0 Å². The Morgan fingerprint density at radius 3 is 1.83 bits per heavy atom. The first kappa shape index (κ1) is 17.4. The Morgan fingerprint density at radius 2 is 1.33 bits per heavy atom. The Labute approximate surface area is 130 Å². The quantitative estimate of drug-likeness (QED) is 0.539. The van der Waals surface area contributed by atoms with Crippen molar-refractivity contribution in [3.8, 4) is 0 Å². The summed E-state index contributed by atoms with van der Waals surface area (Å²) < 4.78 is 24.3. The van der Waals surface area contributed by atoms with Crippen molar-refractivity contribution < 1.29 is 20.8 Å². The number of aryl methyl sites for hydroxylation is 1. The van der Waals surface area contributed by atoms with Gasteiger partial charge < -0.3 is 12.4 Å². The molecule has 0 saturated heterocycles. The van der Waals surface area contributed by atoms with Gasteiger partial charge in [-0.15, -0.1) is 0 Å². The summed E-state index contributed by atoms with van der Waals surface area (Å²) in [4.78, 5) is 0.624. The van der Waals surface area contributed by atoms with Gasteiger partial charge in [-0.3, -0.25) is 0 Å². The zero-order valence-corrected chi connectivity index (χ0v) is 12.9. The molecule has 0 amide bonds. The van der Waals surface area contributed by atoms with E-state index < -0.39 is 9.84 Å². The van der Waals surface area contributed by atoms with Crippen molar-refractivity contribution in [3.63, 3.8) is 0 Å². The molecule has 18 heavy (non-hydrogen) atoms. The van der Waals surface area contributed by atoms with E-state index in [9.17, 15) is 8.42 Å². The fraction of sp³-hybridized carbons (Fsp3) is 0.0769. The molecule has 0 aromatic heterocycles. The van der Waals surface area contributed by atoms with Crippen molar-refractivity contribution in [2.45, 2.75) is 16.7 Å². The fourth-order valence-corrected chi connectivity index (χ4v) is 2.67. The normalized spacial score (nSPS) is 10.1. The average molecular weight is 291 g/mol. The van der Waals surface area contributed by atoms with Crippen LogP contribution in [0.25, 0.3) is 0 Å². The minimum atomic E-state index is -3.38. The van der Waals surface area contributed by atoms with Gasteiger partial charge in [0.15, 0.2) is 9.84 Å². The fourth-order valence-electron chi connectivity index (χ4n) is 1.40. The third kappa shape index (κ3) is 3.72. The molecule has 0 unspecified atom stereocenters. The number of benzene rings is 2. The van der Waals surface area contributed by atoms with Gasteiger partial charge in [0.25, 0.3) is 0 Å². The summed E-state index contributed by atoms with van der Waals surface area (Å²) in [5.41, 5.74) is 1.04. The van der Waals surface area contributed by atoms with Crippen molar-refractivity contribution in [2.24, 2.45) is 0 Å². The second kappa shape index (κ2) is 7.14. The largest absolute Gasteiger partial charge is 2.00 e. The standard InChI is InChI=1S/C13H11O2S.ClH.Mg/c1-11-7-9-13(10-8-11)16(14,15)12-5-3-2-4-6-12;;/h3-10H,1H3;1H;/q-1;;+2/p-1. The minimum absolute atomic E-state index is 0. The van der Waals surface area contributed by atoms with E-state index in [1.807, 2.05) is 6.92 Å². The van der Waals surface area contributed by atoms with Gasteiger partial charge in [0.2, 0.25) is 0 Å². The van der Waals surface area contributed by atoms with Crippen molar-refractivity contribution in [2.75, 3.05) is 0 Å². The molecule has 2 rings (SSSR count).